The second kappa shape index (κ2) is 4.21. The maximum atomic E-state index is 10.8. The summed E-state index contributed by atoms with van der Waals surface area (Å²) in [7, 11) is 0. The largest absolute Gasteiger partial charge is 0.478 e. The third-order valence-electron chi connectivity index (χ3n) is 2.37. The van der Waals surface area contributed by atoms with E-state index in [1.165, 1.54) is 22.9 Å². The van der Waals surface area contributed by atoms with Crippen molar-refractivity contribution in [2.75, 3.05) is 5.73 Å². The van der Waals surface area contributed by atoms with Crippen LogP contribution in [0.1, 0.15) is 20.7 Å². The molecule has 0 radical (unpaired) electrons. The van der Waals surface area contributed by atoms with Crippen LogP contribution in [-0.4, -0.2) is 31.9 Å². The molecule has 0 spiro atoms. The van der Waals surface area contributed by atoms with Gasteiger partial charge in [-0.05, 0) is 18.2 Å². The lowest BCUT2D eigenvalue weighted by Crippen LogP contribution is -2.06. The third kappa shape index (κ3) is 1.88. The monoisotopic (exact) mass is 247 g/mol. The lowest BCUT2D eigenvalue weighted by Gasteiger charge is -2.05. The van der Waals surface area contributed by atoms with Gasteiger partial charge in [0.05, 0.1) is 17.4 Å². The Morgan fingerprint density at radius 2 is 1.94 bits per heavy atom. The van der Waals surface area contributed by atoms with Crippen molar-refractivity contribution < 1.29 is 19.8 Å². The maximum Gasteiger partial charge on any atom is 0.341 e. The summed E-state index contributed by atoms with van der Waals surface area (Å²) >= 11 is 0. The molecule has 0 amide bonds. The van der Waals surface area contributed by atoms with Gasteiger partial charge in [-0.1, -0.05) is 6.07 Å². The van der Waals surface area contributed by atoms with Crippen LogP contribution in [-0.2, 0) is 0 Å². The van der Waals surface area contributed by atoms with Gasteiger partial charge >= 0.3 is 11.9 Å². The van der Waals surface area contributed by atoms with Crippen LogP contribution in [0.25, 0.3) is 5.69 Å². The summed E-state index contributed by atoms with van der Waals surface area (Å²) in [5.41, 5.74) is 5.96. The van der Waals surface area contributed by atoms with E-state index in [9.17, 15) is 9.59 Å². The van der Waals surface area contributed by atoms with Crippen LogP contribution >= 0.6 is 0 Å². The minimum atomic E-state index is -1.19. The number of nitrogen functional groups attached to an aromatic ring is 1. The van der Waals surface area contributed by atoms with Crippen molar-refractivity contribution in [2.24, 2.45) is 0 Å². The lowest BCUT2D eigenvalue weighted by molar-refractivity contribution is 0.0686. The fraction of sp³-hybridized carbons (Fsp3) is 0. The van der Waals surface area contributed by atoms with Gasteiger partial charge in [-0.25, -0.2) is 14.3 Å². The van der Waals surface area contributed by atoms with Crippen LogP contribution in [0.5, 0.6) is 0 Å². The SMILES string of the molecule is Nc1c(C(=O)O)cnn1-c1cccc(C(=O)O)c1. The molecule has 1 aromatic heterocycles. The van der Waals surface area contributed by atoms with Gasteiger partial charge in [0, 0.05) is 0 Å². The smallest absolute Gasteiger partial charge is 0.341 e. The Hall–Kier alpha value is -2.83. The molecule has 0 fully saturated rings. The Morgan fingerprint density at radius 1 is 1.22 bits per heavy atom. The number of hydrogen-bond acceptors (Lipinski definition) is 4. The van der Waals surface area contributed by atoms with Gasteiger partial charge in [0.1, 0.15) is 11.4 Å². The van der Waals surface area contributed by atoms with E-state index in [0.29, 0.717) is 5.69 Å². The van der Waals surface area contributed by atoms with E-state index in [0.717, 1.165) is 6.20 Å². The molecule has 0 saturated heterocycles. The Bertz CT molecular complexity index is 633. The van der Waals surface area contributed by atoms with Gasteiger partial charge in [0.25, 0.3) is 0 Å². The quantitative estimate of drug-likeness (QED) is 0.739. The maximum absolute atomic E-state index is 10.8. The van der Waals surface area contributed by atoms with E-state index >= 15 is 0 Å². The Labute approximate surface area is 101 Å². The topological polar surface area (TPSA) is 118 Å². The predicted molar refractivity (Wildman–Crippen MR) is 61.9 cm³/mol. The third-order valence-corrected chi connectivity index (χ3v) is 2.37. The van der Waals surface area contributed by atoms with Crippen molar-refractivity contribution in [1.29, 1.82) is 0 Å². The molecule has 1 aromatic carbocycles. The van der Waals surface area contributed by atoms with Crippen molar-refractivity contribution in [3.63, 3.8) is 0 Å². The summed E-state index contributed by atoms with van der Waals surface area (Å²) in [5.74, 6) is -2.32. The molecular weight excluding hydrogens is 238 g/mol. The van der Waals surface area contributed by atoms with Crippen LogP contribution in [0.15, 0.2) is 30.5 Å². The summed E-state index contributed by atoms with van der Waals surface area (Å²) in [6, 6.07) is 5.89. The molecule has 0 unspecified atom stereocenters. The zero-order valence-corrected chi connectivity index (χ0v) is 9.07. The first kappa shape index (κ1) is 11.6. The number of nitrogens with zero attached hydrogens (tertiary/aromatic N) is 2. The van der Waals surface area contributed by atoms with Crippen LogP contribution < -0.4 is 5.73 Å². The standard InChI is InChI=1S/C11H9N3O4/c12-9-8(11(17)18)5-13-14(9)7-3-1-2-6(4-7)10(15)16/h1-5H,12H2,(H,15,16)(H,17,18). The van der Waals surface area contributed by atoms with Gasteiger partial charge in [0.15, 0.2) is 0 Å². The number of anilines is 1. The number of rotatable bonds is 3. The highest BCUT2D eigenvalue weighted by Gasteiger charge is 2.15. The van der Waals surface area contributed by atoms with Crippen LogP contribution in [0.3, 0.4) is 0 Å². The van der Waals surface area contributed by atoms with Gasteiger partial charge in [-0.3, -0.25) is 0 Å². The van der Waals surface area contributed by atoms with Gasteiger partial charge < -0.3 is 15.9 Å². The molecule has 0 saturated carbocycles. The molecule has 0 aliphatic heterocycles. The predicted octanol–water partition coefficient (Wildman–Crippen LogP) is 0.851. The molecule has 0 aliphatic carbocycles. The molecule has 0 aliphatic rings. The molecule has 2 rings (SSSR count). The number of carboxylic acids is 2. The highest BCUT2D eigenvalue weighted by atomic mass is 16.4. The summed E-state index contributed by atoms with van der Waals surface area (Å²) in [6.45, 7) is 0. The fourth-order valence-electron chi connectivity index (χ4n) is 1.50. The van der Waals surface area contributed by atoms with E-state index in [4.69, 9.17) is 15.9 Å². The number of benzene rings is 1. The summed E-state index contributed by atoms with van der Waals surface area (Å²) in [5, 5.41) is 21.5. The van der Waals surface area contributed by atoms with E-state index in [1.807, 2.05) is 0 Å². The molecule has 1 heterocycles. The molecule has 7 heteroatoms. The molecule has 18 heavy (non-hydrogen) atoms. The van der Waals surface area contributed by atoms with E-state index in [2.05, 4.69) is 5.10 Å². The van der Waals surface area contributed by atoms with E-state index in [1.54, 1.807) is 6.07 Å². The molecule has 4 N–H and O–H groups in total. The van der Waals surface area contributed by atoms with Crippen molar-refractivity contribution in [2.45, 2.75) is 0 Å². The van der Waals surface area contributed by atoms with Gasteiger partial charge in [0.2, 0.25) is 0 Å². The number of aromatic carboxylic acids is 2. The van der Waals surface area contributed by atoms with Crippen LogP contribution in [0.4, 0.5) is 5.82 Å². The minimum Gasteiger partial charge on any atom is -0.478 e. The molecular formula is C11H9N3O4. The molecule has 0 atom stereocenters. The average Bonchev–Trinajstić information content (AvgIpc) is 2.71. The first-order valence-corrected chi connectivity index (χ1v) is 4.91. The number of carbonyl (C=O) groups is 2. The zero-order chi connectivity index (χ0) is 13.3. The summed E-state index contributed by atoms with van der Waals surface area (Å²) in [6.07, 6.45) is 1.12. The van der Waals surface area contributed by atoms with E-state index in [-0.39, 0.29) is 16.9 Å². The highest BCUT2D eigenvalue weighted by molar-refractivity contribution is 5.93. The average molecular weight is 247 g/mol. The molecule has 0 bridgehead atoms. The minimum absolute atomic E-state index is 0.0509. The number of aromatic nitrogens is 2. The van der Waals surface area contributed by atoms with E-state index < -0.39 is 11.9 Å². The van der Waals surface area contributed by atoms with Crippen molar-refractivity contribution >= 4 is 17.8 Å². The summed E-state index contributed by atoms with van der Waals surface area (Å²) in [4.78, 5) is 21.6. The first-order valence-electron chi connectivity index (χ1n) is 4.91. The Morgan fingerprint density at radius 3 is 2.50 bits per heavy atom. The number of hydrogen-bond donors (Lipinski definition) is 3. The molecule has 2 aromatic rings. The van der Waals surface area contributed by atoms with Crippen molar-refractivity contribution in [3.8, 4) is 5.69 Å². The number of carboxylic acid groups (broad SMARTS) is 2. The molecule has 7 nitrogen and oxygen atoms in total. The van der Waals surface area contributed by atoms with Crippen LogP contribution in [0, 0.1) is 0 Å². The second-order valence-electron chi connectivity index (χ2n) is 3.52. The summed E-state index contributed by atoms with van der Waals surface area (Å²) < 4.78 is 1.18. The highest BCUT2D eigenvalue weighted by Crippen LogP contribution is 2.18. The Balaban J connectivity index is 2.52. The first-order chi connectivity index (χ1) is 8.50. The van der Waals surface area contributed by atoms with Crippen molar-refractivity contribution in [1.82, 2.24) is 9.78 Å². The van der Waals surface area contributed by atoms with Crippen LogP contribution in [0.2, 0.25) is 0 Å². The van der Waals surface area contributed by atoms with Gasteiger partial charge in [-0.2, -0.15) is 5.10 Å². The van der Waals surface area contributed by atoms with Gasteiger partial charge in [-0.15, -0.1) is 0 Å². The second-order valence-corrected chi connectivity index (χ2v) is 3.52. The zero-order valence-electron chi connectivity index (χ0n) is 9.07. The van der Waals surface area contributed by atoms with Crippen molar-refractivity contribution in [3.05, 3.63) is 41.6 Å². The normalized spacial score (nSPS) is 10.2. The number of nitrogens with two attached hydrogens (primary N) is 1. The lowest BCUT2D eigenvalue weighted by atomic mass is 10.2. The Kier molecular flexibility index (Phi) is 2.72. The fourth-order valence-corrected chi connectivity index (χ4v) is 1.50. The molecule has 92 valence electrons.